The van der Waals surface area contributed by atoms with Crippen molar-refractivity contribution >= 4 is 11.6 Å². The maximum Gasteiger partial charge on any atom is 0.265 e. The number of piperidine rings is 1. The Kier molecular flexibility index (Phi) is 4.64. The second kappa shape index (κ2) is 6.67. The Morgan fingerprint density at radius 3 is 2.91 bits per heavy atom. The first-order valence-corrected chi connectivity index (χ1v) is 8.15. The molecule has 0 aromatic heterocycles. The number of carbonyl (C=O) groups is 1. The fourth-order valence-corrected chi connectivity index (χ4v) is 3.09. The second-order valence-corrected chi connectivity index (χ2v) is 6.21. The van der Waals surface area contributed by atoms with E-state index < -0.39 is 12.2 Å². The lowest BCUT2D eigenvalue weighted by Gasteiger charge is -2.28. The summed E-state index contributed by atoms with van der Waals surface area (Å²) in [4.78, 5) is 14.1. The van der Waals surface area contributed by atoms with Crippen molar-refractivity contribution in [1.29, 1.82) is 0 Å². The SMILES string of the molecule is CC1Oc2ccc(C(O)CCN3CCCCC3)cc2NC1=O. The monoisotopic (exact) mass is 304 g/mol. The summed E-state index contributed by atoms with van der Waals surface area (Å²) in [5, 5.41) is 13.2. The number of benzene rings is 1. The number of aliphatic hydroxyl groups excluding tert-OH is 1. The molecule has 120 valence electrons. The third-order valence-electron chi connectivity index (χ3n) is 4.49. The van der Waals surface area contributed by atoms with E-state index in [2.05, 4.69) is 10.2 Å². The Hall–Kier alpha value is -1.59. The van der Waals surface area contributed by atoms with Crippen molar-refractivity contribution < 1.29 is 14.6 Å². The zero-order valence-corrected chi connectivity index (χ0v) is 13.0. The summed E-state index contributed by atoms with van der Waals surface area (Å²) in [6.45, 7) is 4.91. The molecule has 0 aliphatic carbocycles. The molecule has 1 aromatic rings. The van der Waals surface area contributed by atoms with E-state index in [0.717, 1.165) is 25.2 Å². The maximum atomic E-state index is 11.7. The largest absolute Gasteiger partial charge is 0.479 e. The van der Waals surface area contributed by atoms with Crippen LogP contribution in [0.4, 0.5) is 5.69 Å². The lowest BCUT2D eigenvalue weighted by atomic mass is 10.0. The number of nitrogens with one attached hydrogen (secondary N) is 1. The van der Waals surface area contributed by atoms with Crippen LogP contribution in [0.5, 0.6) is 5.75 Å². The molecule has 0 radical (unpaired) electrons. The number of anilines is 1. The Bertz CT molecular complexity index is 541. The van der Waals surface area contributed by atoms with Gasteiger partial charge in [0.2, 0.25) is 0 Å². The van der Waals surface area contributed by atoms with Crippen molar-refractivity contribution in [1.82, 2.24) is 4.90 Å². The summed E-state index contributed by atoms with van der Waals surface area (Å²) >= 11 is 0. The highest BCUT2D eigenvalue weighted by atomic mass is 16.5. The van der Waals surface area contributed by atoms with Gasteiger partial charge < -0.3 is 20.1 Å². The number of hydrogen-bond acceptors (Lipinski definition) is 4. The molecule has 1 aromatic carbocycles. The molecule has 22 heavy (non-hydrogen) atoms. The Balaban J connectivity index is 1.62. The van der Waals surface area contributed by atoms with Crippen molar-refractivity contribution in [3.05, 3.63) is 23.8 Å². The van der Waals surface area contributed by atoms with Gasteiger partial charge in [-0.2, -0.15) is 0 Å². The molecule has 2 aliphatic rings. The summed E-state index contributed by atoms with van der Waals surface area (Å²) in [6, 6.07) is 5.52. The molecule has 2 heterocycles. The number of likely N-dealkylation sites (tertiary alicyclic amines) is 1. The number of aliphatic hydroxyl groups is 1. The van der Waals surface area contributed by atoms with Crippen LogP contribution in [0.1, 0.15) is 44.3 Å². The number of ether oxygens (including phenoxy) is 1. The molecule has 0 bridgehead atoms. The van der Waals surface area contributed by atoms with Gasteiger partial charge >= 0.3 is 0 Å². The van der Waals surface area contributed by atoms with Gasteiger partial charge in [0.05, 0.1) is 11.8 Å². The normalized spacial score (nSPS) is 23.4. The van der Waals surface area contributed by atoms with Crippen LogP contribution in [0.3, 0.4) is 0 Å². The predicted molar refractivity (Wildman–Crippen MR) is 85.0 cm³/mol. The number of rotatable bonds is 4. The van der Waals surface area contributed by atoms with Gasteiger partial charge in [-0.25, -0.2) is 0 Å². The molecule has 2 unspecified atom stereocenters. The highest BCUT2D eigenvalue weighted by Gasteiger charge is 2.24. The molecule has 5 nitrogen and oxygen atoms in total. The molecular weight excluding hydrogens is 280 g/mol. The van der Waals surface area contributed by atoms with Crippen LogP contribution in [0.15, 0.2) is 18.2 Å². The third kappa shape index (κ3) is 3.42. The highest BCUT2D eigenvalue weighted by molar-refractivity contribution is 5.97. The lowest BCUT2D eigenvalue weighted by molar-refractivity contribution is -0.122. The number of amides is 1. The van der Waals surface area contributed by atoms with E-state index in [9.17, 15) is 9.90 Å². The molecule has 2 atom stereocenters. The van der Waals surface area contributed by atoms with Gasteiger partial charge in [0.25, 0.3) is 5.91 Å². The number of fused-ring (bicyclic) bond motifs is 1. The van der Waals surface area contributed by atoms with Gasteiger partial charge in [-0.05, 0) is 57.0 Å². The topological polar surface area (TPSA) is 61.8 Å². The molecular formula is C17H24N2O3. The Morgan fingerprint density at radius 1 is 1.36 bits per heavy atom. The van der Waals surface area contributed by atoms with Gasteiger partial charge in [-0.1, -0.05) is 12.5 Å². The van der Waals surface area contributed by atoms with Crippen LogP contribution in [0.25, 0.3) is 0 Å². The lowest BCUT2D eigenvalue weighted by Crippen LogP contribution is -2.34. The Labute approximate surface area is 131 Å². The van der Waals surface area contributed by atoms with Gasteiger partial charge in [0.15, 0.2) is 6.10 Å². The van der Waals surface area contributed by atoms with Crippen molar-refractivity contribution in [2.75, 3.05) is 25.0 Å². The van der Waals surface area contributed by atoms with E-state index in [1.54, 1.807) is 6.92 Å². The zero-order chi connectivity index (χ0) is 15.5. The molecule has 0 saturated carbocycles. The summed E-state index contributed by atoms with van der Waals surface area (Å²) in [5.74, 6) is 0.520. The molecule has 5 heteroatoms. The molecule has 0 spiro atoms. The first-order valence-electron chi connectivity index (χ1n) is 8.15. The number of nitrogens with zero attached hydrogens (tertiary/aromatic N) is 1. The molecule has 1 saturated heterocycles. The minimum atomic E-state index is -0.511. The van der Waals surface area contributed by atoms with Gasteiger partial charge in [-0.15, -0.1) is 0 Å². The molecule has 2 aliphatic heterocycles. The zero-order valence-electron chi connectivity index (χ0n) is 13.0. The molecule has 1 fully saturated rings. The summed E-state index contributed by atoms with van der Waals surface area (Å²) in [6.07, 6.45) is 3.57. The van der Waals surface area contributed by atoms with Gasteiger partial charge in [0.1, 0.15) is 5.75 Å². The van der Waals surface area contributed by atoms with E-state index in [1.807, 2.05) is 18.2 Å². The van der Waals surface area contributed by atoms with E-state index in [0.29, 0.717) is 17.9 Å². The minimum absolute atomic E-state index is 0.146. The second-order valence-electron chi connectivity index (χ2n) is 6.21. The van der Waals surface area contributed by atoms with Crippen LogP contribution < -0.4 is 10.1 Å². The minimum Gasteiger partial charge on any atom is -0.479 e. The van der Waals surface area contributed by atoms with Crippen LogP contribution >= 0.6 is 0 Å². The average molecular weight is 304 g/mol. The van der Waals surface area contributed by atoms with Gasteiger partial charge in [-0.3, -0.25) is 4.79 Å². The van der Waals surface area contributed by atoms with Crippen molar-refractivity contribution in [2.45, 2.75) is 44.8 Å². The molecule has 3 rings (SSSR count). The first-order chi connectivity index (χ1) is 10.6. The highest BCUT2D eigenvalue weighted by Crippen LogP contribution is 2.33. The number of hydrogen-bond donors (Lipinski definition) is 2. The van der Waals surface area contributed by atoms with Crippen molar-refractivity contribution in [3.8, 4) is 5.75 Å². The standard InChI is InChI=1S/C17H24N2O3/c1-12-17(21)18-14-11-13(5-6-16(14)22-12)15(20)7-10-19-8-3-2-4-9-19/h5-6,11-12,15,20H,2-4,7-10H2,1H3,(H,18,21). The number of carbonyl (C=O) groups excluding carboxylic acids is 1. The fourth-order valence-electron chi connectivity index (χ4n) is 3.09. The van der Waals surface area contributed by atoms with E-state index in [-0.39, 0.29) is 5.91 Å². The van der Waals surface area contributed by atoms with Crippen LogP contribution in [-0.4, -0.2) is 41.7 Å². The summed E-state index contributed by atoms with van der Waals surface area (Å²) in [7, 11) is 0. The average Bonchev–Trinajstić information content (AvgIpc) is 2.54. The van der Waals surface area contributed by atoms with Crippen molar-refractivity contribution in [2.24, 2.45) is 0 Å². The third-order valence-corrected chi connectivity index (χ3v) is 4.49. The van der Waals surface area contributed by atoms with Crippen LogP contribution in [0.2, 0.25) is 0 Å². The first kappa shape index (κ1) is 15.3. The Morgan fingerprint density at radius 2 is 2.14 bits per heavy atom. The summed E-state index contributed by atoms with van der Waals surface area (Å²) < 4.78 is 5.53. The molecule has 2 N–H and O–H groups in total. The van der Waals surface area contributed by atoms with E-state index >= 15 is 0 Å². The quantitative estimate of drug-likeness (QED) is 0.896. The van der Waals surface area contributed by atoms with Crippen molar-refractivity contribution in [3.63, 3.8) is 0 Å². The predicted octanol–water partition coefficient (Wildman–Crippen LogP) is 2.32. The smallest absolute Gasteiger partial charge is 0.265 e. The van der Waals surface area contributed by atoms with E-state index in [1.165, 1.54) is 19.3 Å². The van der Waals surface area contributed by atoms with Crippen LogP contribution in [0, 0.1) is 0 Å². The van der Waals surface area contributed by atoms with Crippen LogP contribution in [-0.2, 0) is 4.79 Å². The fraction of sp³-hybridized carbons (Fsp3) is 0.588. The maximum absolute atomic E-state index is 11.7. The van der Waals surface area contributed by atoms with Gasteiger partial charge in [0, 0.05) is 6.54 Å². The summed E-state index contributed by atoms with van der Waals surface area (Å²) in [5.41, 5.74) is 1.48. The van der Waals surface area contributed by atoms with E-state index in [4.69, 9.17) is 4.74 Å². The molecule has 1 amide bonds.